The summed E-state index contributed by atoms with van der Waals surface area (Å²) in [5.74, 6) is 0. The zero-order chi connectivity index (χ0) is 4.24. The van der Waals surface area contributed by atoms with Crippen LogP contribution in [-0.2, 0) is 0 Å². The molecule has 0 spiro atoms. The van der Waals surface area contributed by atoms with Gasteiger partial charge in [0, 0.05) is 0 Å². The predicted octanol–water partition coefficient (Wildman–Crippen LogP) is -0.185. The van der Waals surface area contributed by atoms with Crippen LogP contribution in [0.5, 0.6) is 0 Å². The van der Waals surface area contributed by atoms with Crippen LogP contribution in [0.1, 0.15) is 0 Å². The van der Waals surface area contributed by atoms with Gasteiger partial charge in [0.15, 0.2) is 0 Å². The van der Waals surface area contributed by atoms with Crippen molar-refractivity contribution >= 4 is 7.19 Å². The third-order valence-electron chi connectivity index (χ3n) is 0.478. The molecule has 1 aromatic heterocycles. The van der Waals surface area contributed by atoms with Crippen molar-refractivity contribution in [2.75, 3.05) is 0 Å². The van der Waals surface area contributed by atoms with Crippen LogP contribution in [0.15, 0.2) is 18.5 Å². The molecule has 28 valence electrons. The number of hydrogen-bond acceptors (Lipinski definition) is 2. The van der Waals surface area contributed by atoms with Crippen molar-refractivity contribution in [1.82, 2.24) is 9.78 Å². The maximum atomic E-state index is 3.67. The average Bonchev–Trinajstić information content (AvgIpc) is 1.72. The Morgan fingerprint density at radius 1 is 1.17 bits per heavy atom. The molecular formula is C3H3BN2. The molecule has 6 heavy (non-hydrogen) atoms. The molecule has 0 radical (unpaired) electrons. The molecule has 0 amide bonds. The molecule has 0 aromatic carbocycles. The minimum absolute atomic E-state index is 1.50. The van der Waals surface area contributed by atoms with Gasteiger partial charge in [-0.2, -0.15) is 0 Å². The first-order chi connectivity index (χ1) is 3.00. The first kappa shape index (κ1) is 3.46. The van der Waals surface area contributed by atoms with Gasteiger partial charge in [-0.05, 0) is 0 Å². The van der Waals surface area contributed by atoms with E-state index in [0.717, 1.165) is 0 Å². The average molecular weight is 77.9 g/mol. The fourth-order valence-corrected chi connectivity index (χ4v) is 0.253. The maximum absolute atomic E-state index is 3.67. The van der Waals surface area contributed by atoms with Crippen molar-refractivity contribution < 1.29 is 0 Å². The second-order valence-corrected chi connectivity index (χ2v) is 0.904. The molecule has 0 saturated carbocycles. The summed E-state index contributed by atoms with van der Waals surface area (Å²) in [6.07, 6.45) is 3.38. The van der Waals surface area contributed by atoms with Crippen molar-refractivity contribution in [2.45, 2.75) is 0 Å². The van der Waals surface area contributed by atoms with Crippen molar-refractivity contribution in [3.63, 3.8) is 0 Å². The Morgan fingerprint density at radius 2 is 1.83 bits per heavy atom. The number of hydrogen-bond donors (Lipinski definition) is 0. The van der Waals surface area contributed by atoms with E-state index in [9.17, 15) is 0 Å². The van der Waals surface area contributed by atoms with E-state index in [1.54, 1.807) is 18.5 Å². The molecule has 3 heteroatoms. The molecule has 0 aliphatic heterocycles. The third kappa shape index (κ3) is 0.609. The molecule has 0 saturated heterocycles. The summed E-state index contributed by atoms with van der Waals surface area (Å²) in [6.45, 7) is 0. The SMILES string of the molecule is b1ncccn1. The fourth-order valence-electron chi connectivity index (χ4n) is 0.253. The summed E-state index contributed by atoms with van der Waals surface area (Å²) in [7, 11) is 1.50. The van der Waals surface area contributed by atoms with E-state index in [4.69, 9.17) is 0 Å². The molecule has 0 N–H and O–H groups in total. The Morgan fingerprint density at radius 3 is 2.00 bits per heavy atom. The van der Waals surface area contributed by atoms with E-state index in [2.05, 4.69) is 9.78 Å². The van der Waals surface area contributed by atoms with Crippen LogP contribution >= 0.6 is 0 Å². The molecule has 0 unspecified atom stereocenters. The molecule has 0 atom stereocenters. The summed E-state index contributed by atoms with van der Waals surface area (Å²) in [5.41, 5.74) is 0. The van der Waals surface area contributed by atoms with Gasteiger partial charge < -0.3 is 0 Å². The molecule has 0 aliphatic rings. The van der Waals surface area contributed by atoms with Crippen molar-refractivity contribution in [1.29, 1.82) is 0 Å². The van der Waals surface area contributed by atoms with E-state index < -0.39 is 0 Å². The topological polar surface area (TPSA) is 25.8 Å². The van der Waals surface area contributed by atoms with Gasteiger partial charge in [-0.3, -0.25) is 0 Å². The van der Waals surface area contributed by atoms with E-state index in [1.807, 2.05) is 0 Å². The zero-order valence-corrected chi connectivity index (χ0v) is 3.20. The number of aromatic nitrogens is 2. The van der Waals surface area contributed by atoms with Crippen LogP contribution in [0.25, 0.3) is 0 Å². The molecule has 1 rings (SSSR count). The monoisotopic (exact) mass is 78.0 g/mol. The third-order valence-corrected chi connectivity index (χ3v) is 0.478. The van der Waals surface area contributed by atoms with Crippen LogP contribution in [0, 0.1) is 0 Å². The van der Waals surface area contributed by atoms with Crippen LogP contribution in [0.3, 0.4) is 0 Å². The summed E-state index contributed by atoms with van der Waals surface area (Å²) in [4.78, 5) is 7.35. The van der Waals surface area contributed by atoms with Gasteiger partial charge in [0.05, 0.1) is 0 Å². The molecule has 2 nitrogen and oxygen atoms in total. The minimum atomic E-state index is 1.50. The predicted molar refractivity (Wildman–Crippen MR) is 23.4 cm³/mol. The van der Waals surface area contributed by atoms with Crippen LogP contribution in [0.4, 0.5) is 0 Å². The summed E-state index contributed by atoms with van der Waals surface area (Å²) >= 11 is 0. The Labute approximate surface area is 36.5 Å². The Bertz CT molecular complexity index is 80.7. The zero-order valence-electron chi connectivity index (χ0n) is 3.20. The van der Waals surface area contributed by atoms with E-state index >= 15 is 0 Å². The van der Waals surface area contributed by atoms with Crippen LogP contribution in [0.2, 0.25) is 0 Å². The normalized spacial score (nSPS) is 7.33. The second-order valence-electron chi connectivity index (χ2n) is 0.904. The van der Waals surface area contributed by atoms with Crippen LogP contribution in [-0.4, -0.2) is 17.0 Å². The fraction of sp³-hybridized carbons (Fsp3) is 0. The van der Waals surface area contributed by atoms with Crippen molar-refractivity contribution in [3.05, 3.63) is 18.5 Å². The van der Waals surface area contributed by atoms with Gasteiger partial charge in [-0.15, -0.1) is 0 Å². The molecule has 1 aromatic rings. The van der Waals surface area contributed by atoms with Crippen molar-refractivity contribution in [3.8, 4) is 0 Å². The Hall–Kier alpha value is -0.725. The van der Waals surface area contributed by atoms with Crippen LogP contribution < -0.4 is 0 Å². The first-order valence-corrected chi connectivity index (χ1v) is 1.70. The van der Waals surface area contributed by atoms with Gasteiger partial charge in [0.25, 0.3) is 0 Å². The number of nitrogens with zero attached hydrogens (tertiary/aromatic N) is 2. The van der Waals surface area contributed by atoms with Gasteiger partial charge in [-0.1, -0.05) is 0 Å². The molecule has 0 fully saturated rings. The van der Waals surface area contributed by atoms with Crippen molar-refractivity contribution in [2.24, 2.45) is 0 Å². The second kappa shape index (κ2) is 1.65. The first-order valence-electron chi connectivity index (χ1n) is 1.70. The standard InChI is InChI=1S/C3H3BN2/c1-2-5-4-6-3-1/h1-3H. The molecular weight excluding hydrogens is 74.9 g/mol. The quantitative estimate of drug-likeness (QED) is 0.430. The number of rotatable bonds is 0. The Kier molecular flexibility index (Phi) is 0.951. The van der Waals surface area contributed by atoms with E-state index in [1.165, 1.54) is 7.19 Å². The molecule has 0 aliphatic carbocycles. The Balaban J connectivity index is 3.00. The van der Waals surface area contributed by atoms with Gasteiger partial charge >= 0.3 is 35.4 Å². The van der Waals surface area contributed by atoms with Gasteiger partial charge in [0.1, 0.15) is 0 Å². The summed E-state index contributed by atoms with van der Waals surface area (Å²) < 4.78 is 0. The summed E-state index contributed by atoms with van der Waals surface area (Å²) in [6, 6.07) is 1.78. The van der Waals surface area contributed by atoms with Gasteiger partial charge in [-0.25, -0.2) is 0 Å². The molecule has 1 heterocycles. The summed E-state index contributed by atoms with van der Waals surface area (Å²) in [5, 5.41) is 0. The van der Waals surface area contributed by atoms with E-state index in [-0.39, 0.29) is 0 Å². The van der Waals surface area contributed by atoms with E-state index in [0.29, 0.717) is 0 Å². The van der Waals surface area contributed by atoms with Gasteiger partial charge in [0.2, 0.25) is 0 Å². The molecule has 0 bridgehead atoms.